The molecule has 0 N–H and O–H groups in total. The number of ether oxygens (including phenoxy) is 1. The van der Waals surface area contributed by atoms with Crippen molar-refractivity contribution >= 4 is 5.95 Å². The van der Waals surface area contributed by atoms with Gasteiger partial charge in [-0.1, -0.05) is 6.92 Å². The number of rotatable bonds is 5. The Balaban J connectivity index is 1.44. The van der Waals surface area contributed by atoms with E-state index in [2.05, 4.69) is 41.8 Å². The van der Waals surface area contributed by atoms with Crippen molar-refractivity contribution in [3.63, 3.8) is 0 Å². The van der Waals surface area contributed by atoms with Crippen LogP contribution in [0.4, 0.5) is 5.95 Å². The van der Waals surface area contributed by atoms with Crippen molar-refractivity contribution in [2.75, 3.05) is 44.3 Å². The summed E-state index contributed by atoms with van der Waals surface area (Å²) in [7, 11) is 2.08. The summed E-state index contributed by atoms with van der Waals surface area (Å²) in [5.74, 6) is 3.79. The maximum Gasteiger partial charge on any atom is 0.266 e. The van der Waals surface area contributed by atoms with E-state index in [9.17, 15) is 0 Å². The molecule has 0 aliphatic carbocycles. The topological polar surface area (TPSA) is 85.3 Å². The molecule has 2 saturated heterocycles. The zero-order valence-electron chi connectivity index (χ0n) is 15.6. The number of anilines is 1. The second-order valence-corrected chi connectivity index (χ2v) is 7.05. The Kier molecular flexibility index (Phi) is 5.16. The smallest absolute Gasteiger partial charge is 0.266 e. The fourth-order valence-corrected chi connectivity index (χ4v) is 3.72. The van der Waals surface area contributed by atoms with Crippen molar-refractivity contribution < 1.29 is 9.26 Å². The molecule has 2 aromatic rings. The van der Waals surface area contributed by atoms with Gasteiger partial charge in [-0.2, -0.15) is 4.98 Å². The normalized spacial score (nSPS) is 22.1. The molecule has 0 radical (unpaired) electrons. The Bertz CT molecular complexity index is 723. The highest BCUT2D eigenvalue weighted by molar-refractivity contribution is 5.30. The lowest BCUT2D eigenvalue weighted by Gasteiger charge is -2.31. The zero-order valence-corrected chi connectivity index (χ0v) is 15.6. The summed E-state index contributed by atoms with van der Waals surface area (Å²) in [5.41, 5.74) is 0. The molecule has 4 heterocycles. The molecule has 0 bridgehead atoms. The van der Waals surface area contributed by atoms with Crippen LogP contribution in [0.25, 0.3) is 0 Å². The number of aromatic nitrogens is 5. The highest BCUT2D eigenvalue weighted by Gasteiger charge is 2.28. The van der Waals surface area contributed by atoms with Crippen molar-refractivity contribution in [3.8, 4) is 0 Å². The predicted octanol–water partition coefficient (Wildman–Crippen LogP) is 0.977. The number of nitrogens with zero attached hydrogens (tertiary/aromatic N) is 7. The Morgan fingerprint density at radius 2 is 2.00 bits per heavy atom. The molecule has 9 heteroatoms. The highest BCUT2D eigenvalue weighted by Crippen LogP contribution is 2.28. The minimum Gasteiger partial charge on any atom is -0.379 e. The van der Waals surface area contributed by atoms with Gasteiger partial charge in [-0.3, -0.25) is 4.90 Å². The molecule has 0 unspecified atom stereocenters. The van der Waals surface area contributed by atoms with Crippen LogP contribution in [-0.2, 0) is 24.8 Å². The summed E-state index contributed by atoms with van der Waals surface area (Å²) in [6, 6.07) is 0. The maximum absolute atomic E-state index is 5.42. The monoisotopic (exact) mass is 361 g/mol. The predicted molar refractivity (Wildman–Crippen MR) is 95.0 cm³/mol. The van der Waals surface area contributed by atoms with E-state index in [0.29, 0.717) is 17.8 Å². The molecule has 2 aromatic heterocycles. The third-order valence-corrected chi connectivity index (χ3v) is 5.30. The lowest BCUT2D eigenvalue weighted by molar-refractivity contribution is 0.0326. The van der Waals surface area contributed by atoms with Crippen LogP contribution in [0.5, 0.6) is 0 Å². The Morgan fingerprint density at radius 1 is 1.15 bits per heavy atom. The number of hydrogen-bond donors (Lipinski definition) is 0. The molecule has 2 fully saturated rings. The third kappa shape index (κ3) is 3.59. The van der Waals surface area contributed by atoms with Crippen LogP contribution >= 0.6 is 0 Å². The van der Waals surface area contributed by atoms with E-state index in [4.69, 9.17) is 9.26 Å². The van der Waals surface area contributed by atoms with E-state index < -0.39 is 0 Å². The van der Waals surface area contributed by atoms with E-state index in [1.54, 1.807) is 0 Å². The van der Waals surface area contributed by atoms with Crippen molar-refractivity contribution in [2.24, 2.45) is 7.05 Å². The molecular weight excluding hydrogens is 334 g/mol. The molecule has 0 saturated carbocycles. The van der Waals surface area contributed by atoms with Gasteiger partial charge in [0.1, 0.15) is 11.6 Å². The van der Waals surface area contributed by atoms with Gasteiger partial charge < -0.3 is 18.7 Å². The van der Waals surface area contributed by atoms with Crippen LogP contribution in [0.1, 0.15) is 43.2 Å². The van der Waals surface area contributed by atoms with Crippen molar-refractivity contribution in [3.05, 3.63) is 17.5 Å². The van der Waals surface area contributed by atoms with Crippen molar-refractivity contribution in [1.82, 2.24) is 29.8 Å². The molecule has 0 aromatic carbocycles. The summed E-state index contributed by atoms with van der Waals surface area (Å²) < 4.78 is 12.9. The Labute approximate surface area is 153 Å². The number of aryl methyl sites for hydroxylation is 1. The van der Waals surface area contributed by atoms with Gasteiger partial charge in [0, 0.05) is 45.6 Å². The van der Waals surface area contributed by atoms with E-state index in [1.807, 2.05) is 6.92 Å². The van der Waals surface area contributed by atoms with Crippen LogP contribution in [0.2, 0.25) is 0 Å². The number of hydrogen-bond acceptors (Lipinski definition) is 8. The summed E-state index contributed by atoms with van der Waals surface area (Å²) in [5, 5.41) is 13.1. The molecule has 0 spiro atoms. The molecule has 142 valence electrons. The first-order chi connectivity index (χ1) is 12.7. The lowest BCUT2D eigenvalue weighted by atomic mass is 9.97. The van der Waals surface area contributed by atoms with Crippen LogP contribution in [0.3, 0.4) is 0 Å². The zero-order chi connectivity index (χ0) is 17.9. The summed E-state index contributed by atoms with van der Waals surface area (Å²) in [6.45, 7) is 8.16. The summed E-state index contributed by atoms with van der Waals surface area (Å²) in [6.07, 6.45) is 2.96. The second kappa shape index (κ2) is 7.71. The van der Waals surface area contributed by atoms with Crippen molar-refractivity contribution in [1.29, 1.82) is 0 Å². The average molecular weight is 361 g/mol. The molecule has 1 atom stereocenters. The number of morpholine rings is 1. The van der Waals surface area contributed by atoms with E-state index in [0.717, 1.165) is 76.8 Å². The lowest BCUT2D eigenvalue weighted by Crippen LogP contribution is -2.37. The minimum absolute atomic E-state index is 0.336. The van der Waals surface area contributed by atoms with Gasteiger partial charge >= 0.3 is 0 Å². The maximum atomic E-state index is 5.42. The van der Waals surface area contributed by atoms with Gasteiger partial charge in [-0.25, -0.2) is 0 Å². The molecule has 4 rings (SSSR count). The molecule has 2 aliphatic rings. The van der Waals surface area contributed by atoms with Crippen LogP contribution < -0.4 is 4.90 Å². The van der Waals surface area contributed by atoms with Gasteiger partial charge in [-0.15, -0.1) is 10.2 Å². The SMILES string of the molecule is CCc1nc(N2CCC[C@@H](c3nnc(CN4CCOCC4)n3C)C2)no1. The molecule has 2 aliphatic heterocycles. The van der Waals surface area contributed by atoms with E-state index in [1.165, 1.54) is 0 Å². The van der Waals surface area contributed by atoms with Crippen LogP contribution in [0.15, 0.2) is 4.52 Å². The summed E-state index contributed by atoms with van der Waals surface area (Å²) in [4.78, 5) is 9.04. The van der Waals surface area contributed by atoms with E-state index >= 15 is 0 Å². The van der Waals surface area contributed by atoms with Gasteiger partial charge in [0.25, 0.3) is 5.95 Å². The Hall–Kier alpha value is -2.00. The van der Waals surface area contributed by atoms with Gasteiger partial charge in [-0.05, 0) is 18.0 Å². The van der Waals surface area contributed by atoms with Crippen molar-refractivity contribution in [2.45, 2.75) is 38.6 Å². The fraction of sp³-hybridized carbons (Fsp3) is 0.765. The highest BCUT2D eigenvalue weighted by atomic mass is 16.5. The van der Waals surface area contributed by atoms with Crippen LogP contribution in [0, 0.1) is 0 Å². The Morgan fingerprint density at radius 3 is 2.77 bits per heavy atom. The quantitative estimate of drug-likeness (QED) is 0.779. The van der Waals surface area contributed by atoms with Gasteiger partial charge in [0.05, 0.1) is 19.8 Å². The molecular formula is C17H27N7O2. The van der Waals surface area contributed by atoms with Gasteiger partial charge in [0.2, 0.25) is 5.89 Å². The largest absolute Gasteiger partial charge is 0.379 e. The van der Waals surface area contributed by atoms with E-state index in [-0.39, 0.29) is 0 Å². The molecule has 26 heavy (non-hydrogen) atoms. The standard InChI is InChI=1S/C17H27N7O2/c1-3-15-18-17(21-26-15)24-6-4-5-13(11-24)16-20-19-14(22(16)2)12-23-7-9-25-10-8-23/h13H,3-12H2,1-2H3/t13-/m1/s1. The number of piperidine rings is 1. The first kappa shape index (κ1) is 17.4. The molecule has 9 nitrogen and oxygen atoms in total. The third-order valence-electron chi connectivity index (χ3n) is 5.30. The minimum atomic E-state index is 0.336. The first-order valence-electron chi connectivity index (χ1n) is 9.50. The average Bonchev–Trinajstić information content (AvgIpc) is 3.30. The summed E-state index contributed by atoms with van der Waals surface area (Å²) >= 11 is 0. The first-order valence-corrected chi connectivity index (χ1v) is 9.50. The van der Waals surface area contributed by atoms with Crippen LogP contribution in [-0.4, -0.2) is 69.2 Å². The fourth-order valence-electron chi connectivity index (χ4n) is 3.72. The van der Waals surface area contributed by atoms with Gasteiger partial charge in [0.15, 0.2) is 0 Å². The molecule has 0 amide bonds. The second-order valence-electron chi connectivity index (χ2n) is 7.05.